The minimum Gasteiger partial charge on any atom is -0.465 e. The molecule has 0 aliphatic carbocycles. The van der Waals surface area contributed by atoms with Gasteiger partial charge in [0.05, 0.1) is 35.9 Å². The average molecular weight is 807 g/mol. The van der Waals surface area contributed by atoms with Crippen molar-refractivity contribution in [1.82, 2.24) is 40.4 Å². The molecule has 0 radical (unpaired) electrons. The van der Waals surface area contributed by atoms with Crippen molar-refractivity contribution in [3.63, 3.8) is 0 Å². The zero-order chi connectivity index (χ0) is 41.6. The van der Waals surface area contributed by atoms with Crippen LogP contribution in [0.15, 0.2) is 122 Å². The second-order valence-corrected chi connectivity index (χ2v) is 15.2. The maximum absolute atomic E-state index is 13.7. The van der Waals surface area contributed by atoms with Gasteiger partial charge in [0.1, 0.15) is 23.7 Å². The molecule has 14 heteroatoms. The lowest BCUT2D eigenvalue weighted by Crippen LogP contribution is -2.42. The van der Waals surface area contributed by atoms with E-state index in [4.69, 9.17) is 0 Å². The van der Waals surface area contributed by atoms with E-state index >= 15 is 0 Å². The number of benzene rings is 4. The number of carbonyl (C=O) groups is 4. The molecule has 2 saturated heterocycles. The first-order valence-electron chi connectivity index (χ1n) is 20.2. The number of nitrogens with zero attached hydrogens (tertiary/aromatic N) is 4. The normalized spacial score (nSPS) is 17.3. The van der Waals surface area contributed by atoms with Crippen molar-refractivity contribution < 1.29 is 29.4 Å². The van der Waals surface area contributed by atoms with Crippen molar-refractivity contribution in [2.75, 3.05) is 13.1 Å². The second-order valence-electron chi connectivity index (χ2n) is 15.2. The predicted molar refractivity (Wildman–Crippen MR) is 224 cm³/mol. The Balaban J connectivity index is 0.869. The second kappa shape index (κ2) is 17.7. The molecule has 14 nitrogen and oxygen atoms in total. The summed E-state index contributed by atoms with van der Waals surface area (Å²) in [5, 5.41) is 23.8. The fraction of sp³-hybridized carbons (Fsp3) is 0.261. The van der Waals surface area contributed by atoms with Gasteiger partial charge in [0, 0.05) is 13.1 Å². The van der Waals surface area contributed by atoms with Gasteiger partial charge in [-0.25, -0.2) is 19.6 Å². The number of aromatic amines is 2. The third-order valence-electron chi connectivity index (χ3n) is 11.4. The van der Waals surface area contributed by atoms with Crippen LogP contribution in [-0.4, -0.2) is 77.0 Å². The van der Waals surface area contributed by atoms with E-state index in [1.54, 1.807) is 70.7 Å². The number of carboxylic acid groups (broad SMARTS) is 2. The number of nitrogens with one attached hydrogen (secondary N) is 4. The predicted octanol–water partition coefficient (Wildman–Crippen LogP) is 7.60. The van der Waals surface area contributed by atoms with Gasteiger partial charge in [0.25, 0.3) is 11.8 Å². The van der Waals surface area contributed by atoms with E-state index in [-0.39, 0.29) is 23.9 Å². The number of imidazole rings is 2. The van der Waals surface area contributed by atoms with Gasteiger partial charge in [-0.05, 0) is 71.9 Å². The van der Waals surface area contributed by atoms with Gasteiger partial charge in [-0.2, -0.15) is 0 Å². The summed E-state index contributed by atoms with van der Waals surface area (Å²) in [5.41, 5.74) is 7.20. The van der Waals surface area contributed by atoms with Crippen LogP contribution >= 0.6 is 0 Å². The van der Waals surface area contributed by atoms with E-state index in [0.29, 0.717) is 35.9 Å². The summed E-state index contributed by atoms with van der Waals surface area (Å²) in [5.74, 6) is 0.753. The van der Waals surface area contributed by atoms with Crippen LogP contribution in [0.25, 0.3) is 22.5 Å². The molecule has 2 aliphatic heterocycles. The van der Waals surface area contributed by atoms with Crippen LogP contribution in [0.2, 0.25) is 0 Å². The van der Waals surface area contributed by atoms with E-state index in [1.165, 1.54) is 11.1 Å². The fourth-order valence-electron chi connectivity index (χ4n) is 8.37. The summed E-state index contributed by atoms with van der Waals surface area (Å²) in [6, 6.07) is 31.9. The third kappa shape index (κ3) is 8.77. The van der Waals surface area contributed by atoms with Gasteiger partial charge in [-0.1, -0.05) is 109 Å². The number of H-pyrrole nitrogens is 2. The van der Waals surface area contributed by atoms with Gasteiger partial charge < -0.3 is 40.6 Å². The van der Waals surface area contributed by atoms with Crippen molar-refractivity contribution in [1.29, 1.82) is 0 Å². The van der Waals surface area contributed by atoms with Gasteiger partial charge >= 0.3 is 12.2 Å². The van der Waals surface area contributed by atoms with Gasteiger partial charge in [0.2, 0.25) is 0 Å². The Hall–Kier alpha value is -7.22. The zero-order valence-corrected chi connectivity index (χ0v) is 32.8. The van der Waals surface area contributed by atoms with Crippen molar-refractivity contribution in [3.05, 3.63) is 155 Å². The van der Waals surface area contributed by atoms with Crippen LogP contribution in [0.4, 0.5) is 9.59 Å². The summed E-state index contributed by atoms with van der Waals surface area (Å²) >= 11 is 0. The zero-order valence-electron chi connectivity index (χ0n) is 32.8. The van der Waals surface area contributed by atoms with Crippen molar-refractivity contribution in [2.24, 2.45) is 0 Å². The molecule has 4 heterocycles. The molecule has 2 fully saturated rings. The van der Waals surface area contributed by atoms with Gasteiger partial charge in [-0.3, -0.25) is 9.59 Å². The standard InChI is InChI=1S/C46H46N8O6/c55-43(39(51-45(57)58)33-9-3-1-4-10-33)53-25-7-13-37(53)41-47-27-35(49-41)31-21-17-29(18-22-31)15-16-30-19-23-32(24-20-30)36-28-48-42(50-36)38-14-8-26-54(38)44(56)40(52-46(59)60)34-11-5-2-6-12-34/h1-6,9-12,17-24,27-28,37-40,51-52H,7-8,13-16,25-26H2,(H,47,49)(H,48,50)(H,57,58)(H,59,60)/t37-,38-,39+,40+/m0/s1. The van der Waals surface area contributed by atoms with Gasteiger partial charge in [-0.15, -0.1) is 0 Å². The number of hydrogen-bond donors (Lipinski definition) is 6. The van der Waals surface area contributed by atoms with Crippen LogP contribution in [0.3, 0.4) is 0 Å². The number of aryl methyl sites for hydroxylation is 2. The van der Waals surface area contributed by atoms with E-state index in [0.717, 1.165) is 61.0 Å². The molecule has 6 N–H and O–H groups in total. The molecule has 0 bridgehead atoms. The van der Waals surface area contributed by atoms with Crippen LogP contribution in [-0.2, 0) is 22.4 Å². The summed E-state index contributed by atoms with van der Waals surface area (Å²) in [6.45, 7) is 1.03. The number of carbonyl (C=O) groups excluding carboxylic acids is 2. The van der Waals surface area contributed by atoms with Crippen LogP contribution in [0, 0.1) is 0 Å². The molecule has 6 aromatic rings. The first-order chi connectivity index (χ1) is 29.2. The van der Waals surface area contributed by atoms with Crippen molar-refractivity contribution >= 4 is 24.0 Å². The molecule has 60 heavy (non-hydrogen) atoms. The smallest absolute Gasteiger partial charge is 0.405 e. The van der Waals surface area contributed by atoms with E-state index in [1.807, 2.05) is 12.1 Å². The minimum atomic E-state index is -1.26. The van der Waals surface area contributed by atoms with Crippen molar-refractivity contribution in [2.45, 2.75) is 62.7 Å². The molecule has 306 valence electrons. The molecule has 0 saturated carbocycles. The molecule has 4 atom stereocenters. The molecule has 2 aliphatic rings. The van der Waals surface area contributed by atoms with E-state index in [2.05, 4.69) is 79.1 Å². The first-order valence-corrected chi connectivity index (χ1v) is 20.2. The highest BCUT2D eigenvalue weighted by Crippen LogP contribution is 2.36. The topological polar surface area (TPSA) is 197 Å². The summed E-state index contributed by atoms with van der Waals surface area (Å²) < 4.78 is 0. The number of rotatable bonds is 13. The highest BCUT2D eigenvalue weighted by Gasteiger charge is 2.38. The summed E-state index contributed by atoms with van der Waals surface area (Å²) in [6.07, 6.45) is 5.78. The molecule has 0 spiro atoms. The summed E-state index contributed by atoms with van der Waals surface area (Å²) in [4.78, 5) is 70.2. The Labute approximate surface area is 346 Å². The highest BCUT2D eigenvalue weighted by atomic mass is 16.4. The Kier molecular flexibility index (Phi) is 11.7. The SMILES string of the molecule is O=C(O)N[C@@H](C(=O)N1CCC[C@H]1c1ncc(-c2ccc(CCc3ccc(-c4cnc([C@@H]5CCCN5C(=O)[C@H](NC(=O)O)c5ccccc5)[nH]4)cc3)cc2)[nH]1)c1ccccc1. The van der Waals surface area contributed by atoms with Crippen LogP contribution in [0.5, 0.6) is 0 Å². The molecular weight excluding hydrogens is 761 g/mol. The van der Waals surface area contributed by atoms with Crippen molar-refractivity contribution in [3.8, 4) is 22.5 Å². The van der Waals surface area contributed by atoms with Crippen LogP contribution in [0.1, 0.15) is 83.8 Å². The average Bonchev–Trinajstić information content (AvgIpc) is 4.12. The lowest BCUT2D eigenvalue weighted by atomic mass is 10.0. The Morgan fingerprint density at radius 3 is 1.33 bits per heavy atom. The quantitative estimate of drug-likeness (QED) is 0.0686. The number of aromatic nitrogens is 4. The fourth-order valence-corrected chi connectivity index (χ4v) is 8.37. The Morgan fingerprint density at radius 1 is 0.583 bits per heavy atom. The minimum absolute atomic E-state index is 0.287. The third-order valence-corrected chi connectivity index (χ3v) is 11.4. The van der Waals surface area contributed by atoms with Gasteiger partial charge in [0.15, 0.2) is 0 Å². The maximum Gasteiger partial charge on any atom is 0.405 e. The monoisotopic (exact) mass is 806 g/mol. The van der Waals surface area contributed by atoms with E-state index < -0.39 is 24.3 Å². The largest absolute Gasteiger partial charge is 0.465 e. The number of likely N-dealkylation sites (tertiary alicyclic amines) is 2. The first kappa shape index (κ1) is 39.6. The lowest BCUT2D eigenvalue weighted by molar-refractivity contribution is -0.135. The Bertz CT molecular complexity index is 2260. The molecule has 4 amide bonds. The molecule has 0 unspecified atom stereocenters. The molecule has 4 aromatic carbocycles. The lowest BCUT2D eigenvalue weighted by Gasteiger charge is -2.28. The number of amides is 4. The molecule has 8 rings (SSSR count). The number of hydrogen-bond acceptors (Lipinski definition) is 6. The van der Waals surface area contributed by atoms with Crippen LogP contribution < -0.4 is 10.6 Å². The van der Waals surface area contributed by atoms with E-state index in [9.17, 15) is 29.4 Å². The highest BCUT2D eigenvalue weighted by molar-refractivity contribution is 5.88. The maximum atomic E-state index is 13.7. The Morgan fingerprint density at radius 2 is 0.967 bits per heavy atom. The molecule has 2 aromatic heterocycles. The molecular formula is C46H46N8O6. The summed E-state index contributed by atoms with van der Waals surface area (Å²) in [7, 11) is 0.